The van der Waals surface area contributed by atoms with Gasteiger partial charge < -0.3 is 9.84 Å². The molecule has 4 heteroatoms. The normalized spacial score (nSPS) is 11.7. The maximum Gasteiger partial charge on any atom is 0.306 e. The van der Waals surface area contributed by atoms with Crippen molar-refractivity contribution in [1.29, 1.82) is 0 Å². The minimum absolute atomic E-state index is 0.0222. The van der Waals surface area contributed by atoms with Gasteiger partial charge in [-0.3, -0.25) is 9.59 Å². The van der Waals surface area contributed by atoms with Crippen LogP contribution in [-0.4, -0.2) is 23.7 Å². The molecule has 0 aliphatic carbocycles. The van der Waals surface area contributed by atoms with Gasteiger partial charge in [-0.25, -0.2) is 0 Å². The first-order chi connectivity index (χ1) is 29.5. The van der Waals surface area contributed by atoms with E-state index in [1.165, 1.54) is 263 Å². The van der Waals surface area contributed by atoms with Crippen LogP contribution in [0.5, 0.6) is 0 Å². The summed E-state index contributed by atoms with van der Waals surface area (Å²) in [6.07, 6.45) is 62.4. The molecule has 0 aromatic heterocycles. The lowest BCUT2D eigenvalue weighted by atomic mass is 9.94. The molecule has 0 spiro atoms. The van der Waals surface area contributed by atoms with Gasteiger partial charge in [-0.2, -0.15) is 0 Å². The molecule has 0 aliphatic heterocycles. The molecule has 0 aromatic rings. The van der Waals surface area contributed by atoms with E-state index in [2.05, 4.69) is 27.7 Å². The highest BCUT2D eigenvalue weighted by Gasteiger charge is 2.16. The Hall–Kier alpha value is -1.06. The number of unbranched alkanes of at least 4 members (excludes halogenated alkanes) is 41. The van der Waals surface area contributed by atoms with Crippen molar-refractivity contribution >= 4 is 11.9 Å². The quantitative estimate of drug-likeness (QED) is 0.0489. The van der Waals surface area contributed by atoms with Crippen molar-refractivity contribution in [2.24, 2.45) is 5.92 Å². The summed E-state index contributed by atoms with van der Waals surface area (Å²) in [6, 6.07) is 0. The number of hydrogen-bond donors (Lipinski definition) is 1. The van der Waals surface area contributed by atoms with Gasteiger partial charge in [0.15, 0.2) is 0 Å². The highest BCUT2D eigenvalue weighted by Crippen LogP contribution is 2.21. The van der Waals surface area contributed by atoms with Crippen molar-refractivity contribution in [3.05, 3.63) is 0 Å². The molecule has 0 aromatic carbocycles. The molecule has 0 saturated heterocycles. The molecule has 0 heterocycles. The fraction of sp³-hybridized carbons (Fsp3) is 0.964. The molecule has 0 rings (SSSR count). The van der Waals surface area contributed by atoms with Crippen LogP contribution in [0.15, 0.2) is 0 Å². The summed E-state index contributed by atoms with van der Waals surface area (Å²) in [5, 5.41) is 9.49. The maximum absolute atomic E-state index is 11.8. The van der Waals surface area contributed by atoms with Crippen LogP contribution in [0.2, 0.25) is 0 Å². The number of aliphatic carboxylic acids is 1. The van der Waals surface area contributed by atoms with Crippen LogP contribution in [0.3, 0.4) is 0 Å². The molecule has 0 radical (unpaired) electrons. The Balaban J connectivity index is 0. The first-order valence-corrected chi connectivity index (χ1v) is 27.9. The van der Waals surface area contributed by atoms with Gasteiger partial charge in [0.1, 0.15) is 0 Å². The molecule has 0 bridgehead atoms. The van der Waals surface area contributed by atoms with Gasteiger partial charge in [0.25, 0.3) is 0 Å². The van der Waals surface area contributed by atoms with E-state index in [1.807, 2.05) is 0 Å². The summed E-state index contributed by atoms with van der Waals surface area (Å²) >= 11 is 0. The van der Waals surface area contributed by atoms with Crippen LogP contribution in [-0.2, 0) is 14.3 Å². The molecule has 1 unspecified atom stereocenters. The van der Waals surface area contributed by atoms with Gasteiger partial charge in [-0.15, -0.1) is 0 Å². The third kappa shape index (κ3) is 55.0. The molecule has 0 fully saturated rings. The number of hydrogen-bond acceptors (Lipinski definition) is 3. The summed E-state index contributed by atoms with van der Waals surface area (Å²) in [7, 11) is 0. The van der Waals surface area contributed by atoms with Gasteiger partial charge in [0, 0.05) is 6.42 Å². The Bertz CT molecular complexity index is 794. The Kier molecular flexibility index (Phi) is 56.9. The SMILES string of the molecule is CCCCCCCCCCCCCCC(CCCCCCCCCCCC)C(=O)O.CCCCCCCCCCCCCCOC(=O)CCCCCCCCCCCCC. The average Bonchev–Trinajstić information content (AvgIpc) is 3.24. The van der Waals surface area contributed by atoms with Crippen molar-refractivity contribution < 1.29 is 19.4 Å². The number of rotatable bonds is 50. The maximum atomic E-state index is 11.8. The van der Waals surface area contributed by atoms with Crippen molar-refractivity contribution in [1.82, 2.24) is 0 Å². The number of carboxylic acids is 1. The molecule has 60 heavy (non-hydrogen) atoms. The molecule has 0 aliphatic rings. The molecule has 360 valence electrons. The van der Waals surface area contributed by atoms with Crippen LogP contribution < -0.4 is 0 Å². The van der Waals surface area contributed by atoms with E-state index in [0.29, 0.717) is 13.0 Å². The topological polar surface area (TPSA) is 63.6 Å². The van der Waals surface area contributed by atoms with Gasteiger partial charge in [0.05, 0.1) is 12.5 Å². The lowest BCUT2D eigenvalue weighted by molar-refractivity contribution is -0.144. The summed E-state index contributed by atoms with van der Waals surface area (Å²) < 4.78 is 5.39. The molecule has 0 amide bonds. The van der Waals surface area contributed by atoms with Gasteiger partial charge in [-0.1, -0.05) is 304 Å². The number of carboxylic acid groups (broad SMARTS) is 1. The Labute approximate surface area is 378 Å². The highest BCUT2D eigenvalue weighted by atomic mass is 16.5. The average molecular weight is 850 g/mol. The van der Waals surface area contributed by atoms with E-state index in [9.17, 15) is 14.7 Å². The van der Waals surface area contributed by atoms with Crippen molar-refractivity contribution in [2.75, 3.05) is 6.61 Å². The second-order valence-corrected chi connectivity index (χ2v) is 19.1. The second kappa shape index (κ2) is 56.0. The number of esters is 1. The first kappa shape index (κ1) is 61.0. The molecular weight excluding hydrogens is 737 g/mol. The van der Waals surface area contributed by atoms with E-state index in [1.54, 1.807) is 0 Å². The van der Waals surface area contributed by atoms with Gasteiger partial charge in [-0.05, 0) is 25.7 Å². The zero-order valence-electron chi connectivity index (χ0n) is 41.9. The van der Waals surface area contributed by atoms with Crippen LogP contribution >= 0.6 is 0 Å². The lowest BCUT2D eigenvalue weighted by Gasteiger charge is -2.12. The van der Waals surface area contributed by atoms with E-state index in [0.717, 1.165) is 38.5 Å². The van der Waals surface area contributed by atoms with Gasteiger partial charge in [0.2, 0.25) is 0 Å². The summed E-state index contributed by atoms with van der Waals surface area (Å²) in [5.41, 5.74) is 0. The first-order valence-electron chi connectivity index (χ1n) is 27.9. The number of carbonyl (C=O) groups excluding carboxylic acids is 1. The minimum Gasteiger partial charge on any atom is -0.481 e. The third-order valence-electron chi connectivity index (χ3n) is 12.9. The molecular formula is C56H112O4. The van der Waals surface area contributed by atoms with Crippen molar-refractivity contribution in [3.63, 3.8) is 0 Å². The summed E-state index contributed by atoms with van der Waals surface area (Å²) in [6.45, 7) is 9.73. The van der Waals surface area contributed by atoms with Crippen molar-refractivity contribution in [2.45, 2.75) is 336 Å². The highest BCUT2D eigenvalue weighted by molar-refractivity contribution is 5.70. The van der Waals surface area contributed by atoms with E-state index in [4.69, 9.17) is 4.74 Å². The summed E-state index contributed by atoms with van der Waals surface area (Å²) in [4.78, 5) is 23.3. The zero-order chi connectivity index (χ0) is 44.1. The standard InChI is InChI=1S/2C28H56O2/c1-3-5-7-9-11-13-15-16-18-20-22-24-26-27(28(29)30)25-23-21-19-17-14-12-10-8-6-4-2;1-3-5-7-9-11-13-15-17-19-21-23-25-27-30-28(29)26-24-22-20-18-16-14-12-10-8-6-4-2/h27H,3-26H2,1-2H3,(H,29,30);3-27H2,1-2H3. The Morgan fingerprint density at radius 1 is 0.317 bits per heavy atom. The third-order valence-corrected chi connectivity index (χ3v) is 12.9. The smallest absolute Gasteiger partial charge is 0.306 e. The lowest BCUT2D eigenvalue weighted by Crippen LogP contribution is -2.13. The van der Waals surface area contributed by atoms with Gasteiger partial charge >= 0.3 is 11.9 Å². The fourth-order valence-electron chi connectivity index (χ4n) is 8.64. The van der Waals surface area contributed by atoms with E-state index < -0.39 is 5.97 Å². The van der Waals surface area contributed by atoms with Crippen LogP contribution in [0.4, 0.5) is 0 Å². The predicted octanol–water partition coefficient (Wildman–Crippen LogP) is 20.0. The minimum atomic E-state index is -0.561. The van der Waals surface area contributed by atoms with Crippen LogP contribution in [0, 0.1) is 5.92 Å². The fourth-order valence-corrected chi connectivity index (χ4v) is 8.64. The van der Waals surface area contributed by atoms with Crippen molar-refractivity contribution in [3.8, 4) is 0 Å². The van der Waals surface area contributed by atoms with E-state index >= 15 is 0 Å². The predicted molar refractivity (Wildman–Crippen MR) is 266 cm³/mol. The van der Waals surface area contributed by atoms with E-state index in [-0.39, 0.29) is 11.9 Å². The Morgan fingerprint density at radius 3 is 0.783 bits per heavy atom. The Morgan fingerprint density at radius 2 is 0.533 bits per heavy atom. The summed E-state index contributed by atoms with van der Waals surface area (Å²) in [5.74, 6) is -0.634. The molecule has 4 nitrogen and oxygen atoms in total. The van der Waals surface area contributed by atoms with Crippen LogP contribution in [0.1, 0.15) is 336 Å². The monoisotopic (exact) mass is 849 g/mol. The number of ether oxygens (including phenoxy) is 1. The molecule has 1 atom stereocenters. The second-order valence-electron chi connectivity index (χ2n) is 19.1. The number of carbonyl (C=O) groups is 2. The molecule has 1 N–H and O–H groups in total. The van der Waals surface area contributed by atoms with Crippen LogP contribution in [0.25, 0.3) is 0 Å². The largest absolute Gasteiger partial charge is 0.481 e. The zero-order valence-corrected chi connectivity index (χ0v) is 41.9. The molecule has 0 saturated carbocycles.